The molecule has 2 aromatic heterocycles. The highest BCUT2D eigenvalue weighted by Gasteiger charge is 2.35. The van der Waals surface area contributed by atoms with Crippen molar-refractivity contribution in [2.45, 2.75) is 44.7 Å². The molecule has 0 unspecified atom stereocenters. The number of rotatable bonds is 4. The zero-order valence-electron chi connectivity index (χ0n) is 19.2. The van der Waals surface area contributed by atoms with Crippen LogP contribution >= 0.6 is 11.3 Å². The van der Waals surface area contributed by atoms with Gasteiger partial charge in [-0.05, 0) is 60.9 Å². The van der Waals surface area contributed by atoms with Crippen molar-refractivity contribution < 1.29 is 4.79 Å². The van der Waals surface area contributed by atoms with E-state index in [0.29, 0.717) is 13.1 Å². The molecule has 1 N–H and O–H groups in total. The van der Waals surface area contributed by atoms with Gasteiger partial charge in [-0.3, -0.25) is 0 Å². The largest absolute Gasteiger partial charge is 0.338 e. The highest BCUT2D eigenvalue weighted by Crippen LogP contribution is 2.43. The van der Waals surface area contributed by atoms with E-state index in [2.05, 4.69) is 69.5 Å². The Morgan fingerprint density at radius 2 is 1.68 bits per heavy atom. The summed E-state index contributed by atoms with van der Waals surface area (Å²) in [5.41, 5.74) is 6.36. The Hall–Kier alpha value is -3.31. The molecule has 0 radical (unpaired) electrons. The van der Waals surface area contributed by atoms with Crippen molar-refractivity contribution in [1.82, 2.24) is 14.8 Å². The number of nitrogens with one attached hydrogen (secondary N) is 1. The van der Waals surface area contributed by atoms with E-state index >= 15 is 0 Å². The van der Waals surface area contributed by atoms with Crippen molar-refractivity contribution in [3.05, 3.63) is 112 Å². The quantitative estimate of drug-likeness (QED) is 0.377. The third-order valence-corrected chi connectivity index (χ3v) is 8.42. The number of carbonyl (C=O) groups is 1. The fraction of sp³-hybridized carbons (Fsp3) is 0.276. The average Bonchev–Trinajstić information content (AvgIpc) is 3.47. The lowest BCUT2D eigenvalue weighted by molar-refractivity contribution is 0.180. The zero-order chi connectivity index (χ0) is 22.9. The summed E-state index contributed by atoms with van der Waals surface area (Å²) in [6, 6.07) is 25.0. The highest BCUT2D eigenvalue weighted by molar-refractivity contribution is 7.15. The number of benzene rings is 2. The monoisotopic (exact) mass is 467 g/mol. The molecule has 4 aromatic rings. The second kappa shape index (κ2) is 9.15. The van der Waals surface area contributed by atoms with E-state index in [1.165, 1.54) is 39.4 Å². The normalized spacial score (nSPS) is 16.8. The Morgan fingerprint density at radius 3 is 2.50 bits per heavy atom. The minimum atomic E-state index is -0.133. The van der Waals surface area contributed by atoms with E-state index in [-0.39, 0.29) is 12.1 Å². The number of aryl methyl sites for hydroxylation is 1. The Labute approximate surface area is 204 Å². The van der Waals surface area contributed by atoms with Gasteiger partial charge in [0.15, 0.2) is 0 Å². The number of urea groups is 1. The van der Waals surface area contributed by atoms with Crippen LogP contribution in [0.25, 0.3) is 5.00 Å². The molecular weight excluding hydrogens is 438 g/mol. The Kier molecular flexibility index (Phi) is 5.71. The summed E-state index contributed by atoms with van der Waals surface area (Å²) in [5, 5.41) is 4.53. The van der Waals surface area contributed by atoms with Crippen LogP contribution in [0.3, 0.4) is 0 Å². The molecule has 34 heavy (non-hydrogen) atoms. The van der Waals surface area contributed by atoms with Crippen LogP contribution in [-0.2, 0) is 25.8 Å². The number of hydrogen-bond acceptors (Lipinski definition) is 2. The van der Waals surface area contributed by atoms with Crippen molar-refractivity contribution in [1.29, 1.82) is 0 Å². The smallest absolute Gasteiger partial charge is 0.318 e. The van der Waals surface area contributed by atoms with Gasteiger partial charge in [-0.2, -0.15) is 0 Å². The molecule has 0 spiro atoms. The van der Waals surface area contributed by atoms with Crippen LogP contribution in [0.2, 0.25) is 0 Å². The molecule has 6 rings (SSSR count). The predicted octanol–water partition coefficient (Wildman–Crippen LogP) is 6.27. The maximum Gasteiger partial charge on any atom is 0.318 e. The lowest BCUT2D eigenvalue weighted by atomic mass is 9.95. The van der Waals surface area contributed by atoms with Gasteiger partial charge in [0.2, 0.25) is 0 Å². The van der Waals surface area contributed by atoms with Gasteiger partial charge in [-0.25, -0.2) is 4.79 Å². The van der Waals surface area contributed by atoms with Crippen LogP contribution < -0.4 is 5.32 Å². The van der Waals surface area contributed by atoms with Crippen molar-refractivity contribution in [2.24, 2.45) is 0 Å². The van der Waals surface area contributed by atoms with Crippen molar-refractivity contribution >= 4 is 17.4 Å². The predicted molar refractivity (Wildman–Crippen MR) is 138 cm³/mol. The molecule has 1 atom stereocenters. The number of carbonyl (C=O) groups excluding carboxylic acids is 1. The molecule has 2 aliphatic rings. The summed E-state index contributed by atoms with van der Waals surface area (Å²) >= 11 is 1.93. The van der Waals surface area contributed by atoms with Crippen molar-refractivity contribution in [3.63, 3.8) is 0 Å². The van der Waals surface area contributed by atoms with Crippen molar-refractivity contribution in [3.8, 4) is 5.00 Å². The third-order valence-electron chi connectivity index (χ3n) is 7.09. The summed E-state index contributed by atoms with van der Waals surface area (Å²) < 4.78 is 2.34. The van der Waals surface area contributed by atoms with Crippen LogP contribution in [0.15, 0.2) is 79.0 Å². The molecule has 4 nitrogen and oxygen atoms in total. The van der Waals surface area contributed by atoms with Gasteiger partial charge in [0, 0.05) is 23.2 Å². The van der Waals surface area contributed by atoms with E-state index < -0.39 is 0 Å². The molecule has 1 aliphatic carbocycles. The molecule has 5 heteroatoms. The fourth-order valence-corrected chi connectivity index (χ4v) is 6.84. The molecule has 0 saturated carbocycles. The number of thiophene rings is 1. The van der Waals surface area contributed by atoms with Crippen molar-refractivity contribution in [2.75, 3.05) is 6.54 Å². The SMILES string of the molecule is O=C(NCCc1ccccc1)N1Cc2c(sc3c2CCCC3)-n2cccc2[C@@H]1c1ccccc1. The summed E-state index contributed by atoms with van der Waals surface area (Å²) in [4.78, 5) is 17.3. The number of nitrogens with zero attached hydrogens (tertiary/aromatic N) is 2. The fourth-order valence-electron chi connectivity index (χ4n) is 5.43. The lowest BCUT2D eigenvalue weighted by Gasteiger charge is -2.31. The van der Waals surface area contributed by atoms with E-state index in [9.17, 15) is 4.79 Å². The molecule has 0 saturated heterocycles. The van der Waals surface area contributed by atoms with Gasteiger partial charge in [0.05, 0.1) is 18.3 Å². The molecular formula is C29H29N3OS. The third kappa shape index (κ3) is 3.84. The van der Waals surface area contributed by atoms with E-state index in [1.807, 2.05) is 35.6 Å². The van der Waals surface area contributed by atoms with E-state index in [4.69, 9.17) is 0 Å². The maximum absolute atomic E-state index is 13.8. The number of aromatic nitrogens is 1. The van der Waals surface area contributed by atoms with Crippen LogP contribution in [0, 0.1) is 0 Å². The van der Waals surface area contributed by atoms with Crippen LogP contribution in [0.4, 0.5) is 4.79 Å². The molecule has 172 valence electrons. The first kappa shape index (κ1) is 21.2. The molecule has 0 bridgehead atoms. The summed E-state index contributed by atoms with van der Waals surface area (Å²) in [7, 11) is 0. The summed E-state index contributed by atoms with van der Waals surface area (Å²) in [5.74, 6) is 0. The van der Waals surface area contributed by atoms with Crippen LogP contribution in [0.1, 0.15) is 51.7 Å². The molecule has 0 fully saturated rings. The van der Waals surface area contributed by atoms with Gasteiger partial charge in [-0.1, -0.05) is 60.7 Å². The van der Waals surface area contributed by atoms with Crippen LogP contribution in [-0.4, -0.2) is 22.0 Å². The Balaban J connectivity index is 1.38. The van der Waals surface area contributed by atoms with E-state index in [1.54, 1.807) is 0 Å². The first-order valence-corrected chi connectivity index (χ1v) is 13.1. The number of fused-ring (bicyclic) bond motifs is 5. The topological polar surface area (TPSA) is 37.3 Å². The van der Waals surface area contributed by atoms with Gasteiger partial charge in [0.25, 0.3) is 0 Å². The lowest BCUT2D eigenvalue weighted by Crippen LogP contribution is -2.42. The molecule has 2 aromatic carbocycles. The Morgan fingerprint density at radius 1 is 0.912 bits per heavy atom. The molecule has 3 heterocycles. The van der Waals surface area contributed by atoms with Gasteiger partial charge in [-0.15, -0.1) is 11.3 Å². The van der Waals surface area contributed by atoms with Gasteiger partial charge in [0.1, 0.15) is 5.00 Å². The second-order valence-corrected chi connectivity index (χ2v) is 10.3. The first-order chi connectivity index (χ1) is 16.8. The molecule has 2 amide bonds. The van der Waals surface area contributed by atoms with Gasteiger partial charge < -0.3 is 14.8 Å². The zero-order valence-corrected chi connectivity index (χ0v) is 20.1. The summed E-state index contributed by atoms with van der Waals surface area (Å²) in [6.07, 6.45) is 7.78. The minimum Gasteiger partial charge on any atom is -0.338 e. The van der Waals surface area contributed by atoms with E-state index in [0.717, 1.165) is 30.5 Å². The minimum absolute atomic E-state index is 0.00106. The standard InChI is InChI=1S/C29H29N3OS/c33-29(30-18-17-21-10-3-1-4-11-21)32-20-24-23-14-7-8-16-26(23)34-28(24)31-19-9-15-25(31)27(32)22-12-5-2-6-13-22/h1-6,9-13,15,19,27H,7-8,14,16-18,20H2,(H,30,33)/t27-/m0/s1. The second-order valence-electron chi connectivity index (χ2n) is 9.21. The van der Waals surface area contributed by atoms with Gasteiger partial charge >= 0.3 is 6.03 Å². The summed E-state index contributed by atoms with van der Waals surface area (Å²) in [6.45, 7) is 1.26. The Bertz CT molecular complexity index is 1290. The number of hydrogen-bond donors (Lipinski definition) is 1. The first-order valence-electron chi connectivity index (χ1n) is 12.2. The average molecular weight is 468 g/mol. The highest BCUT2D eigenvalue weighted by atomic mass is 32.1. The number of amides is 2. The molecule has 1 aliphatic heterocycles. The maximum atomic E-state index is 13.8. The van der Waals surface area contributed by atoms with Crippen LogP contribution in [0.5, 0.6) is 0 Å².